The van der Waals surface area contributed by atoms with Gasteiger partial charge >= 0.3 is 0 Å². The van der Waals surface area contributed by atoms with Crippen molar-refractivity contribution >= 4 is 7.92 Å². The topological polar surface area (TPSA) is 36.8 Å². The summed E-state index contributed by atoms with van der Waals surface area (Å²) in [5, 5.41) is 10.6. The normalized spacial score (nSPS) is 19.7. The van der Waals surface area contributed by atoms with Gasteiger partial charge in [0.05, 0.1) is 13.7 Å². The fraction of sp³-hybridized carbons (Fsp3) is 0.783. The van der Waals surface area contributed by atoms with Crippen molar-refractivity contribution in [3.05, 3.63) is 22.8 Å². The maximum Gasteiger partial charge on any atom is 0.139 e. The lowest BCUT2D eigenvalue weighted by Gasteiger charge is -2.48. The third-order valence-corrected chi connectivity index (χ3v) is 8.65. The Morgan fingerprint density at radius 2 is 0.793 bits per heavy atom. The maximum atomic E-state index is 10.6. The minimum absolute atomic E-state index is 0.0983. The molecule has 29 heavy (non-hydrogen) atoms. The molecule has 0 unspecified atom stereocenters. The van der Waals surface area contributed by atoms with Gasteiger partial charge in [-0.1, -0.05) is 0 Å². The second-order valence-corrected chi connectivity index (χ2v) is 11.5. The molecule has 0 spiro atoms. The molecule has 6 heteroatoms. The number of hydrogen-bond donors (Lipinski definition) is 0. The van der Waals surface area contributed by atoms with Crippen LogP contribution in [0.5, 0.6) is 0 Å². The zero-order valence-electron chi connectivity index (χ0n) is 20.6. The summed E-state index contributed by atoms with van der Waals surface area (Å²) in [5.74, 6) is 3.05. The van der Waals surface area contributed by atoms with Gasteiger partial charge in [0.25, 0.3) is 0 Å². The smallest absolute Gasteiger partial charge is 0.139 e. The first kappa shape index (κ1) is 23.9. The second-order valence-electron chi connectivity index (χ2n) is 9.55. The Hall–Kier alpha value is -1.40. The lowest BCUT2D eigenvalue weighted by molar-refractivity contribution is 0.129. The summed E-state index contributed by atoms with van der Waals surface area (Å²) in [7, 11) is -1.03. The van der Waals surface area contributed by atoms with Crippen molar-refractivity contribution in [1.29, 1.82) is 5.26 Å². The van der Waals surface area contributed by atoms with Crippen molar-refractivity contribution in [2.45, 2.75) is 119 Å². The van der Waals surface area contributed by atoms with Crippen LogP contribution in [-0.2, 0) is 0 Å². The molecule has 0 bridgehead atoms. The molecule has 2 heterocycles. The van der Waals surface area contributed by atoms with Gasteiger partial charge < -0.3 is 19.6 Å². The quantitative estimate of drug-likeness (QED) is 0.502. The molecule has 0 aromatic heterocycles. The van der Waals surface area contributed by atoms with Gasteiger partial charge in [0, 0.05) is 47.0 Å². The van der Waals surface area contributed by atoms with Gasteiger partial charge in [-0.25, -0.2) is 0 Å². The van der Waals surface area contributed by atoms with Crippen LogP contribution < -0.4 is 0 Å². The van der Waals surface area contributed by atoms with Gasteiger partial charge in [-0.15, -0.1) is 0 Å². The molecule has 0 aliphatic carbocycles. The summed E-state index contributed by atoms with van der Waals surface area (Å²) in [5.41, 5.74) is 5.25. The first-order valence-electron chi connectivity index (χ1n) is 11.0. The summed E-state index contributed by atoms with van der Waals surface area (Å²) in [6, 6.07) is 1.42. The van der Waals surface area contributed by atoms with E-state index in [2.05, 4.69) is 108 Å². The van der Waals surface area contributed by atoms with Crippen LogP contribution in [0.15, 0.2) is 22.8 Å². The van der Waals surface area contributed by atoms with Gasteiger partial charge in [0.1, 0.15) is 11.8 Å². The van der Waals surface area contributed by atoms with E-state index in [1.807, 2.05) is 0 Å². The summed E-state index contributed by atoms with van der Waals surface area (Å²) >= 11 is 0. The molecular formula is C23H42N5P. The molecular weight excluding hydrogens is 377 g/mol. The van der Waals surface area contributed by atoms with E-state index in [1.54, 1.807) is 0 Å². The highest BCUT2D eigenvalue weighted by atomic mass is 31.1. The zero-order valence-corrected chi connectivity index (χ0v) is 21.5. The third kappa shape index (κ3) is 3.86. The van der Waals surface area contributed by atoms with Crippen LogP contribution >= 0.6 is 7.92 Å². The summed E-state index contributed by atoms with van der Waals surface area (Å²) in [6.45, 7) is 26.9. The number of hydrogen-bond acceptors (Lipinski definition) is 5. The summed E-state index contributed by atoms with van der Waals surface area (Å²) in [6.07, 6.45) is 0. The van der Waals surface area contributed by atoms with E-state index in [1.165, 1.54) is 22.8 Å². The van der Waals surface area contributed by atoms with Crippen LogP contribution in [0.4, 0.5) is 0 Å². The molecule has 0 fully saturated rings. The first-order valence-corrected chi connectivity index (χ1v) is 12.5. The Morgan fingerprint density at radius 1 is 0.586 bits per heavy atom. The fourth-order valence-corrected chi connectivity index (χ4v) is 8.36. The minimum Gasteiger partial charge on any atom is -0.346 e. The Bertz CT molecular complexity index is 613. The van der Waals surface area contributed by atoms with Crippen LogP contribution in [0, 0.1) is 11.1 Å². The van der Waals surface area contributed by atoms with E-state index in [4.69, 9.17) is 0 Å². The number of rotatable bonds is 6. The highest BCUT2D eigenvalue weighted by molar-refractivity contribution is 7.63. The van der Waals surface area contributed by atoms with Crippen LogP contribution in [0.2, 0.25) is 0 Å². The van der Waals surface area contributed by atoms with Crippen molar-refractivity contribution < 1.29 is 0 Å². The monoisotopic (exact) mass is 419 g/mol. The van der Waals surface area contributed by atoms with Crippen molar-refractivity contribution in [2.24, 2.45) is 0 Å². The molecule has 2 aliphatic rings. The van der Waals surface area contributed by atoms with E-state index in [-0.39, 0.29) is 11.8 Å². The van der Waals surface area contributed by atoms with E-state index < -0.39 is 7.92 Å². The molecule has 0 aromatic carbocycles. The largest absolute Gasteiger partial charge is 0.346 e. The van der Waals surface area contributed by atoms with Crippen molar-refractivity contribution in [2.75, 3.05) is 0 Å². The van der Waals surface area contributed by atoms with Crippen LogP contribution in [0.25, 0.3) is 0 Å². The molecule has 0 radical (unpaired) electrons. The van der Waals surface area contributed by atoms with Crippen molar-refractivity contribution in [1.82, 2.24) is 19.6 Å². The van der Waals surface area contributed by atoms with E-state index in [9.17, 15) is 5.26 Å². The Balaban J connectivity index is 2.64. The van der Waals surface area contributed by atoms with Crippen LogP contribution in [-0.4, -0.2) is 55.6 Å². The first-order chi connectivity index (χ1) is 13.4. The van der Waals surface area contributed by atoms with Crippen molar-refractivity contribution in [3.63, 3.8) is 0 Å². The molecule has 5 nitrogen and oxygen atoms in total. The molecule has 0 amide bonds. The third-order valence-electron chi connectivity index (χ3n) is 6.43. The number of nitrogens with zero attached hydrogens (tertiary/aromatic N) is 5. The van der Waals surface area contributed by atoms with Gasteiger partial charge in [-0.05, 0) is 83.1 Å². The minimum atomic E-state index is -1.03. The van der Waals surface area contributed by atoms with Gasteiger partial charge in [-0.2, -0.15) is 5.26 Å². The Morgan fingerprint density at radius 3 is 0.931 bits per heavy atom. The molecule has 0 saturated heterocycles. The van der Waals surface area contributed by atoms with E-state index in [0.717, 1.165) is 0 Å². The number of allylic oxidation sites excluding steroid dienone is 4. The van der Waals surface area contributed by atoms with Gasteiger partial charge in [-0.3, -0.25) is 0 Å². The van der Waals surface area contributed by atoms with Crippen molar-refractivity contribution in [3.8, 4) is 5.81 Å². The molecule has 0 N–H and O–H groups in total. The molecule has 0 atom stereocenters. The zero-order chi connectivity index (χ0) is 22.4. The molecule has 2 rings (SSSR count). The molecule has 164 valence electrons. The predicted octanol–water partition coefficient (Wildman–Crippen LogP) is 5.89. The maximum absolute atomic E-state index is 10.6. The highest BCUT2D eigenvalue weighted by Crippen LogP contribution is 2.59. The average Bonchev–Trinajstić information content (AvgIpc) is 3.01. The summed E-state index contributed by atoms with van der Waals surface area (Å²) < 4.78 is 0. The lowest BCUT2D eigenvalue weighted by atomic mass is 10.3. The van der Waals surface area contributed by atoms with Crippen LogP contribution in [0.3, 0.4) is 0 Å². The van der Waals surface area contributed by atoms with Crippen LogP contribution in [0.1, 0.15) is 83.1 Å². The van der Waals surface area contributed by atoms with E-state index in [0.29, 0.717) is 24.2 Å². The number of nitriles is 1. The highest BCUT2D eigenvalue weighted by Gasteiger charge is 2.51. The molecule has 2 aliphatic heterocycles. The standard InChI is InChI=1S/C23H42N5P/c1-14(2)25-18(9)19(10)26(15(3)4)22(25)29(13-24)23-27(16(5)6)20(11)21(12)28(23)17(7)8/h14-17,22-23H,1-12H3. The van der Waals surface area contributed by atoms with E-state index >= 15 is 0 Å². The fourth-order valence-electron chi connectivity index (χ4n) is 5.08. The summed E-state index contributed by atoms with van der Waals surface area (Å²) in [4.78, 5) is 10.0. The molecule has 0 aromatic rings. The van der Waals surface area contributed by atoms with Gasteiger partial charge in [0.15, 0.2) is 0 Å². The Labute approximate surface area is 180 Å². The predicted molar refractivity (Wildman–Crippen MR) is 125 cm³/mol. The average molecular weight is 420 g/mol. The van der Waals surface area contributed by atoms with Gasteiger partial charge in [0.2, 0.25) is 0 Å². The SMILES string of the molecule is CC1=C(C)N(C(C)C)C(P(C#N)C2N(C(C)C)C(C)=C(C)N2C(C)C)N1C(C)C. The second kappa shape index (κ2) is 8.76. The molecule has 0 saturated carbocycles. The Kier molecular flexibility index (Phi) is 7.21. The lowest BCUT2D eigenvalue weighted by Crippen LogP contribution is -2.51.